The molecule has 0 N–H and O–H groups in total. The van der Waals surface area contributed by atoms with Crippen LogP contribution in [-0.4, -0.2) is 34.6 Å². The Morgan fingerprint density at radius 3 is 2.57 bits per heavy atom. The van der Waals surface area contributed by atoms with Gasteiger partial charge in [-0.2, -0.15) is 0 Å². The van der Waals surface area contributed by atoms with Crippen LogP contribution in [0.1, 0.15) is 31.9 Å². The van der Waals surface area contributed by atoms with Crippen molar-refractivity contribution >= 4 is 11.8 Å². The highest BCUT2D eigenvalue weighted by Crippen LogP contribution is 2.26. The molecule has 1 aliphatic heterocycles. The molecule has 0 fully saturated rings. The maximum absolute atomic E-state index is 12.1. The largest absolute Gasteiger partial charge is 0.444 e. The van der Waals surface area contributed by atoms with Gasteiger partial charge in [0.2, 0.25) is 0 Å². The highest BCUT2D eigenvalue weighted by Gasteiger charge is 2.26. The fraction of sp³-hybridized carbons (Fsp3) is 0.533. The molecule has 1 aromatic carbocycles. The minimum atomic E-state index is -0.539. The van der Waals surface area contributed by atoms with Crippen molar-refractivity contribution < 1.29 is 14.5 Å². The van der Waals surface area contributed by atoms with Gasteiger partial charge in [0.15, 0.2) is 0 Å². The maximum atomic E-state index is 12.1. The zero-order valence-corrected chi connectivity index (χ0v) is 12.6. The predicted octanol–water partition coefficient (Wildman–Crippen LogP) is 2.93. The molecule has 1 aromatic rings. The van der Waals surface area contributed by atoms with Crippen molar-refractivity contribution in [3.63, 3.8) is 0 Å². The number of hydrogen-bond acceptors (Lipinski definition) is 4. The van der Waals surface area contributed by atoms with E-state index in [-0.39, 0.29) is 16.7 Å². The number of ether oxygens (including phenoxy) is 1. The van der Waals surface area contributed by atoms with E-state index in [4.69, 9.17) is 4.74 Å². The number of nitro groups is 1. The summed E-state index contributed by atoms with van der Waals surface area (Å²) in [5, 5.41) is 11.1. The SMILES string of the molecule is CC(C)(C)OC(=O)N1CCc2cccc([N+](=O)[O-])c2CC1. The third-order valence-corrected chi connectivity index (χ3v) is 3.38. The summed E-state index contributed by atoms with van der Waals surface area (Å²) in [5.41, 5.74) is 1.27. The number of carbonyl (C=O) groups is 1. The number of hydrogen-bond donors (Lipinski definition) is 0. The van der Waals surface area contributed by atoms with Crippen molar-refractivity contribution in [3.05, 3.63) is 39.4 Å². The number of carbonyl (C=O) groups excluding carboxylic acids is 1. The van der Waals surface area contributed by atoms with Gasteiger partial charge in [-0.1, -0.05) is 12.1 Å². The van der Waals surface area contributed by atoms with Crippen molar-refractivity contribution in [1.82, 2.24) is 4.90 Å². The molecule has 0 aromatic heterocycles. The van der Waals surface area contributed by atoms with Crippen LogP contribution in [-0.2, 0) is 17.6 Å². The Balaban J connectivity index is 2.16. The summed E-state index contributed by atoms with van der Waals surface area (Å²) >= 11 is 0. The molecule has 1 aliphatic rings. The van der Waals surface area contributed by atoms with Gasteiger partial charge < -0.3 is 9.64 Å². The van der Waals surface area contributed by atoms with E-state index in [0.717, 1.165) is 11.1 Å². The van der Waals surface area contributed by atoms with Gasteiger partial charge in [-0.15, -0.1) is 0 Å². The molecule has 114 valence electrons. The monoisotopic (exact) mass is 292 g/mol. The minimum Gasteiger partial charge on any atom is -0.444 e. The summed E-state index contributed by atoms with van der Waals surface area (Å²) in [6, 6.07) is 5.10. The molecule has 21 heavy (non-hydrogen) atoms. The first-order valence-corrected chi connectivity index (χ1v) is 7.01. The van der Waals surface area contributed by atoms with E-state index >= 15 is 0 Å². The second-order valence-electron chi connectivity index (χ2n) is 6.14. The Labute approximate surface area is 123 Å². The van der Waals surface area contributed by atoms with Crippen LogP contribution in [0.3, 0.4) is 0 Å². The van der Waals surface area contributed by atoms with Gasteiger partial charge in [-0.25, -0.2) is 4.79 Å². The molecule has 6 nitrogen and oxygen atoms in total. The molecule has 0 radical (unpaired) electrons. The molecule has 0 spiro atoms. The van der Waals surface area contributed by atoms with Crippen molar-refractivity contribution in [3.8, 4) is 0 Å². The van der Waals surface area contributed by atoms with Crippen LogP contribution in [0.2, 0.25) is 0 Å². The van der Waals surface area contributed by atoms with Crippen LogP contribution in [0.15, 0.2) is 18.2 Å². The number of amides is 1. The molecular formula is C15H20N2O4. The predicted molar refractivity (Wildman–Crippen MR) is 78.3 cm³/mol. The topological polar surface area (TPSA) is 72.7 Å². The Hall–Kier alpha value is -2.11. The summed E-state index contributed by atoms with van der Waals surface area (Å²) < 4.78 is 5.36. The molecule has 0 aliphatic carbocycles. The van der Waals surface area contributed by atoms with Crippen LogP contribution in [0.25, 0.3) is 0 Å². The molecule has 0 saturated heterocycles. The van der Waals surface area contributed by atoms with Crippen LogP contribution in [0.5, 0.6) is 0 Å². The summed E-state index contributed by atoms with van der Waals surface area (Å²) in [6.45, 7) is 6.42. The quantitative estimate of drug-likeness (QED) is 0.589. The Morgan fingerprint density at radius 1 is 1.29 bits per heavy atom. The van der Waals surface area contributed by atoms with E-state index in [0.29, 0.717) is 25.9 Å². The smallest absolute Gasteiger partial charge is 0.410 e. The lowest BCUT2D eigenvalue weighted by Gasteiger charge is -2.26. The molecule has 0 bridgehead atoms. The van der Waals surface area contributed by atoms with Crippen LogP contribution < -0.4 is 0 Å². The van der Waals surface area contributed by atoms with Gasteiger partial charge in [0.05, 0.1) is 4.92 Å². The summed E-state index contributed by atoms with van der Waals surface area (Å²) in [7, 11) is 0. The molecular weight excluding hydrogens is 272 g/mol. The van der Waals surface area contributed by atoms with E-state index in [1.54, 1.807) is 11.0 Å². The number of rotatable bonds is 1. The average Bonchev–Trinajstić information content (AvgIpc) is 2.58. The Kier molecular flexibility index (Phi) is 4.16. The number of benzene rings is 1. The van der Waals surface area contributed by atoms with E-state index in [2.05, 4.69) is 0 Å². The van der Waals surface area contributed by atoms with E-state index in [1.165, 1.54) is 6.07 Å². The fourth-order valence-corrected chi connectivity index (χ4v) is 2.44. The van der Waals surface area contributed by atoms with Crippen molar-refractivity contribution in [2.45, 2.75) is 39.2 Å². The highest BCUT2D eigenvalue weighted by atomic mass is 16.6. The first kappa shape index (κ1) is 15.3. The highest BCUT2D eigenvalue weighted by molar-refractivity contribution is 5.68. The molecule has 1 amide bonds. The van der Waals surface area contributed by atoms with Gasteiger partial charge in [0, 0.05) is 24.7 Å². The summed E-state index contributed by atoms with van der Waals surface area (Å²) in [4.78, 5) is 24.5. The summed E-state index contributed by atoms with van der Waals surface area (Å²) in [6.07, 6.45) is 0.722. The average molecular weight is 292 g/mol. The van der Waals surface area contributed by atoms with E-state index in [1.807, 2.05) is 26.8 Å². The van der Waals surface area contributed by atoms with Crippen LogP contribution in [0, 0.1) is 10.1 Å². The molecule has 6 heteroatoms. The lowest BCUT2D eigenvalue weighted by Crippen LogP contribution is -2.38. The lowest BCUT2D eigenvalue weighted by atomic mass is 10.0. The minimum absolute atomic E-state index is 0.138. The molecule has 0 saturated carbocycles. The van der Waals surface area contributed by atoms with Gasteiger partial charge in [-0.05, 0) is 39.2 Å². The first-order chi connectivity index (χ1) is 9.78. The Bertz CT molecular complexity index is 563. The van der Waals surface area contributed by atoms with Crippen molar-refractivity contribution in [1.29, 1.82) is 0 Å². The zero-order chi connectivity index (χ0) is 15.6. The van der Waals surface area contributed by atoms with E-state index < -0.39 is 5.60 Å². The van der Waals surface area contributed by atoms with Gasteiger partial charge in [0.1, 0.15) is 5.60 Å². The van der Waals surface area contributed by atoms with Gasteiger partial charge >= 0.3 is 6.09 Å². The third kappa shape index (κ3) is 3.71. The fourth-order valence-electron chi connectivity index (χ4n) is 2.44. The first-order valence-electron chi connectivity index (χ1n) is 7.01. The second-order valence-corrected chi connectivity index (χ2v) is 6.14. The Morgan fingerprint density at radius 2 is 1.95 bits per heavy atom. The maximum Gasteiger partial charge on any atom is 0.410 e. The molecule has 0 unspecified atom stereocenters. The second kappa shape index (κ2) is 5.71. The molecule has 1 heterocycles. The lowest BCUT2D eigenvalue weighted by molar-refractivity contribution is -0.385. The van der Waals surface area contributed by atoms with Crippen molar-refractivity contribution in [2.24, 2.45) is 0 Å². The van der Waals surface area contributed by atoms with Crippen LogP contribution in [0.4, 0.5) is 10.5 Å². The third-order valence-electron chi connectivity index (χ3n) is 3.38. The van der Waals surface area contributed by atoms with Gasteiger partial charge in [-0.3, -0.25) is 10.1 Å². The number of nitrogens with zero attached hydrogens (tertiary/aromatic N) is 2. The molecule has 0 atom stereocenters. The zero-order valence-electron chi connectivity index (χ0n) is 12.6. The summed E-state index contributed by atoms with van der Waals surface area (Å²) in [5.74, 6) is 0. The number of fused-ring (bicyclic) bond motifs is 1. The van der Waals surface area contributed by atoms with Crippen LogP contribution >= 0.6 is 0 Å². The normalized spacial score (nSPS) is 15.1. The number of nitro benzene ring substituents is 1. The molecule has 2 rings (SSSR count). The van der Waals surface area contributed by atoms with Gasteiger partial charge in [0.25, 0.3) is 5.69 Å². The van der Waals surface area contributed by atoms with Crippen molar-refractivity contribution in [2.75, 3.05) is 13.1 Å². The van der Waals surface area contributed by atoms with E-state index in [9.17, 15) is 14.9 Å². The standard InChI is InChI=1S/C15H20N2O4/c1-15(2,3)21-14(18)16-9-7-11-5-4-6-13(17(19)20)12(11)8-10-16/h4-6H,7-10H2,1-3H3.